The summed E-state index contributed by atoms with van der Waals surface area (Å²) in [6.45, 7) is 5.54. The molecule has 1 atom stereocenters. The van der Waals surface area contributed by atoms with E-state index in [1.165, 1.54) is 32.4 Å². The Kier molecular flexibility index (Phi) is 4.83. The summed E-state index contributed by atoms with van der Waals surface area (Å²) in [6.07, 6.45) is 5.77. The lowest BCUT2D eigenvalue weighted by Crippen LogP contribution is -2.34. The smallest absolute Gasteiger partial charge is 0.207 e. The van der Waals surface area contributed by atoms with Crippen LogP contribution in [0.3, 0.4) is 0 Å². The molecule has 0 bridgehead atoms. The van der Waals surface area contributed by atoms with Gasteiger partial charge in [0.25, 0.3) is 0 Å². The van der Waals surface area contributed by atoms with E-state index in [0.29, 0.717) is 6.04 Å². The third kappa shape index (κ3) is 3.35. The molecule has 1 aliphatic rings. The minimum absolute atomic E-state index is 0.676. The summed E-state index contributed by atoms with van der Waals surface area (Å²) in [7, 11) is 0. The number of carbonyl (C=O) groups excluding carboxylic acids is 1. The van der Waals surface area contributed by atoms with Crippen molar-refractivity contribution in [3.05, 3.63) is 0 Å². The molecule has 3 nitrogen and oxygen atoms in total. The second kappa shape index (κ2) is 5.97. The fraction of sp³-hybridized carbons (Fsp3) is 0.900. The Morgan fingerprint density at radius 1 is 1.46 bits per heavy atom. The first-order chi connectivity index (χ1) is 6.38. The van der Waals surface area contributed by atoms with Crippen LogP contribution in [0.15, 0.2) is 0 Å². The zero-order valence-corrected chi connectivity index (χ0v) is 8.46. The first-order valence-corrected chi connectivity index (χ1v) is 5.29. The molecular formula is C10H20N2O. The third-order valence-corrected chi connectivity index (χ3v) is 2.83. The molecule has 1 fully saturated rings. The van der Waals surface area contributed by atoms with Crippen LogP contribution in [0.5, 0.6) is 0 Å². The summed E-state index contributed by atoms with van der Waals surface area (Å²) in [5.74, 6) is 0. The van der Waals surface area contributed by atoms with Crippen LogP contribution in [0.25, 0.3) is 0 Å². The fourth-order valence-electron chi connectivity index (χ4n) is 2.06. The minimum Gasteiger partial charge on any atom is -0.359 e. The molecule has 1 unspecified atom stereocenters. The Labute approximate surface area is 80.5 Å². The van der Waals surface area contributed by atoms with E-state index < -0.39 is 0 Å². The molecule has 0 aromatic carbocycles. The van der Waals surface area contributed by atoms with Crippen LogP contribution in [0.2, 0.25) is 0 Å². The van der Waals surface area contributed by atoms with Crippen LogP contribution >= 0.6 is 0 Å². The molecule has 1 saturated heterocycles. The first-order valence-electron chi connectivity index (χ1n) is 5.29. The second-order valence-corrected chi connectivity index (χ2v) is 3.67. The quantitative estimate of drug-likeness (QED) is 0.493. The molecule has 0 aromatic heterocycles. The molecular weight excluding hydrogens is 164 g/mol. The predicted octanol–water partition coefficient (Wildman–Crippen LogP) is 0.997. The van der Waals surface area contributed by atoms with Gasteiger partial charge in [0.1, 0.15) is 0 Å². The van der Waals surface area contributed by atoms with Crippen molar-refractivity contribution in [2.45, 2.75) is 38.6 Å². The molecule has 0 saturated carbocycles. The van der Waals surface area contributed by atoms with Gasteiger partial charge in [0.05, 0.1) is 0 Å². The molecule has 13 heavy (non-hydrogen) atoms. The van der Waals surface area contributed by atoms with Gasteiger partial charge in [-0.05, 0) is 38.8 Å². The van der Waals surface area contributed by atoms with Gasteiger partial charge in [-0.3, -0.25) is 4.79 Å². The van der Waals surface area contributed by atoms with Crippen LogP contribution < -0.4 is 5.32 Å². The topological polar surface area (TPSA) is 32.3 Å². The van der Waals surface area contributed by atoms with Crippen molar-refractivity contribution in [3.63, 3.8) is 0 Å². The zero-order chi connectivity index (χ0) is 9.52. The van der Waals surface area contributed by atoms with Gasteiger partial charge in [-0.2, -0.15) is 0 Å². The standard InChI is InChI=1S/C10H20N2O/c1-2-10(5-6-11-9-13)12-7-3-4-8-12/h9-10H,2-8H2,1H3,(H,11,13). The molecule has 1 aliphatic heterocycles. The largest absolute Gasteiger partial charge is 0.359 e. The van der Waals surface area contributed by atoms with Crippen LogP contribution in [0.4, 0.5) is 0 Å². The summed E-state index contributed by atoms with van der Waals surface area (Å²) >= 11 is 0. The number of nitrogens with one attached hydrogen (secondary N) is 1. The number of hydrogen-bond acceptors (Lipinski definition) is 2. The second-order valence-electron chi connectivity index (χ2n) is 3.67. The highest BCUT2D eigenvalue weighted by Crippen LogP contribution is 2.15. The average molecular weight is 184 g/mol. The molecule has 76 valence electrons. The number of likely N-dealkylation sites (tertiary alicyclic amines) is 1. The number of carbonyl (C=O) groups is 1. The predicted molar refractivity (Wildman–Crippen MR) is 53.6 cm³/mol. The van der Waals surface area contributed by atoms with Crippen LogP contribution in [0, 0.1) is 0 Å². The average Bonchev–Trinajstić information content (AvgIpc) is 2.65. The Morgan fingerprint density at radius 3 is 2.69 bits per heavy atom. The summed E-state index contributed by atoms with van der Waals surface area (Å²) in [4.78, 5) is 12.6. The Balaban J connectivity index is 2.20. The summed E-state index contributed by atoms with van der Waals surface area (Å²) in [5, 5.41) is 2.73. The van der Waals surface area contributed by atoms with Gasteiger partial charge < -0.3 is 10.2 Å². The van der Waals surface area contributed by atoms with E-state index in [1.54, 1.807) is 0 Å². The SMILES string of the molecule is CCC(CCNC=O)N1CCCC1. The molecule has 0 aliphatic carbocycles. The molecule has 1 rings (SSSR count). The maximum absolute atomic E-state index is 10.1. The van der Waals surface area contributed by atoms with Crippen molar-refractivity contribution in [1.29, 1.82) is 0 Å². The van der Waals surface area contributed by atoms with E-state index in [0.717, 1.165) is 19.4 Å². The molecule has 1 N–H and O–H groups in total. The fourth-order valence-corrected chi connectivity index (χ4v) is 2.06. The number of hydrogen-bond donors (Lipinski definition) is 1. The van der Waals surface area contributed by atoms with Crippen LogP contribution in [-0.2, 0) is 4.79 Å². The van der Waals surface area contributed by atoms with Crippen LogP contribution in [0.1, 0.15) is 32.6 Å². The van der Waals surface area contributed by atoms with Gasteiger partial charge in [0.2, 0.25) is 6.41 Å². The highest BCUT2D eigenvalue weighted by atomic mass is 16.1. The van der Waals surface area contributed by atoms with Crippen molar-refractivity contribution >= 4 is 6.41 Å². The van der Waals surface area contributed by atoms with Gasteiger partial charge in [-0.1, -0.05) is 6.92 Å². The molecule has 1 heterocycles. The van der Waals surface area contributed by atoms with Crippen molar-refractivity contribution in [2.75, 3.05) is 19.6 Å². The number of rotatable bonds is 6. The Hall–Kier alpha value is -0.570. The van der Waals surface area contributed by atoms with Crippen molar-refractivity contribution < 1.29 is 4.79 Å². The summed E-state index contributed by atoms with van der Waals surface area (Å²) in [5.41, 5.74) is 0. The van der Waals surface area contributed by atoms with E-state index in [4.69, 9.17) is 0 Å². The highest BCUT2D eigenvalue weighted by Gasteiger charge is 2.19. The number of amides is 1. The van der Waals surface area contributed by atoms with E-state index >= 15 is 0 Å². The van der Waals surface area contributed by atoms with E-state index in [9.17, 15) is 4.79 Å². The number of nitrogens with zero attached hydrogens (tertiary/aromatic N) is 1. The normalized spacial score (nSPS) is 20.1. The highest BCUT2D eigenvalue weighted by molar-refractivity contribution is 5.45. The third-order valence-electron chi connectivity index (χ3n) is 2.83. The van der Waals surface area contributed by atoms with E-state index in [-0.39, 0.29) is 0 Å². The lowest BCUT2D eigenvalue weighted by atomic mass is 10.1. The summed E-state index contributed by atoms with van der Waals surface area (Å²) < 4.78 is 0. The lowest BCUT2D eigenvalue weighted by molar-refractivity contribution is -0.109. The molecule has 0 radical (unpaired) electrons. The van der Waals surface area contributed by atoms with Gasteiger partial charge in [0, 0.05) is 12.6 Å². The summed E-state index contributed by atoms with van der Waals surface area (Å²) in [6, 6.07) is 0.676. The molecule has 0 spiro atoms. The van der Waals surface area contributed by atoms with E-state index in [1.807, 2.05) is 0 Å². The van der Waals surface area contributed by atoms with Gasteiger partial charge in [-0.25, -0.2) is 0 Å². The minimum atomic E-state index is 0.676. The Morgan fingerprint density at radius 2 is 2.15 bits per heavy atom. The van der Waals surface area contributed by atoms with Gasteiger partial charge in [-0.15, -0.1) is 0 Å². The van der Waals surface area contributed by atoms with Crippen molar-refractivity contribution in [2.24, 2.45) is 0 Å². The Bertz CT molecular complexity index is 144. The van der Waals surface area contributed by atoms with E-state index in [2.05, 4.69) is 17.1 Å². The molecule has 1 amide bonds. The lowest BCUT2D eigenvalue weighted by Gasteiger charge is -2.26. The van der Waals surface area contributed by atoms with Crippen molar-refractivity contribution in [3.8, 4) is 0 Å². The maximum atomic E-state index is 10.1. The van der Waals surface area contributed by atoms with Crippen molar-refractivity contribution in [1.82, 2.24) is 10.2 Å². The zero-order valence-electron chi connectivity index (χ0n) is 8.46. The monoisotopic (exact) mass is 184 g/mol. The molecule has 0 aromatic rings. The first kappa shape index (κ1) is 10.5. The van der Waals surface area contributed by atoms with Gasteiger partial charge in [0.15, 0.2) is 0 Å². The molecule has 3 heteroatoms. The maximum Gasteiger partial charge on any atom is 0.207 e. The van der Waals surface area contributed by atoms with Gasteiger partial charge >= 0.3 is 0 Å². The van der Waals surface area contributed by atoms with Crippen LogP contribution in [-0.4, -0.2) is 37.0 Å².